The van der Waals surface area contributed by atoms with Crippen molar-refractivity contribution in [1.29, 1.82) is 0 Å². The highest BCUT2D eigenvalue weighted by molar-refractivity contribution is 7.91. The highest BCUT2D eigenvalue weighted by Gasteiger charge is 2.31. The molecule has 0 aromatic rings. The first-order valence-electron chi connectivity index (χ1n) is 5.83. The van der Waals surface area contributed by atoms with Crippen molar-refractivity contribution in [3.8, 4) is 0 Å². The Bertz CT molecular complexity index is 279. The lowest BCUT2D eigenvalue weighted by Crippen LogP contribution is -2.40. The molecule has 0 heterocycles. The molecule has 1 aliphatic carbocycles. The Balaban J connectivity index is 2.61. The number of nitrogens with one attached hydrogen (secondary N) is 1. The van der Waals surface area contributed by atoms with Gasteiger partial charge in [-0.05, 0) is 18.8 Å². The summed E-state index contributed by atoms with van der Waals surface area (Å²) in [6.07, 6.45) is 5.92. The zero-order chi connectivity index (χ0) is 11.5. The Kier molecular flexibility index (Phi) is 4.59. The van der Waals surface area contributed by atoms with Gasteiger partial charge in [0.05, 0.1) is 5.25 Å². The molecule has 15 heavy (non-hydrogen) atoms. The van der Waals surface area contributed by atoms with Gasteiger partial charge in [-0.15, -0.1) is 0 Å². The maximum Gasteiger partial charge on any atom is 0.151 e. The van der Waals surface area contributed by atoms with E-state index in [1.807, 2.05) is 13.8 Å². The maximum atomic E-state index is 11.7. The second kappa shape index (κ2) is 5.30. The first kappa shape index (κ1) is 13.0. The van der Waals surface area contributed by atoms with Crippen molar-refractivity contribution in [2.45, 2.75) is 50.8 Å². The van der Waals surface area contributed by atoms with Crippen LogP contribution in [0.3, 0.4) is 0 Å². The highest BCUT2D eigenvalue weighted by Crippen LogP contribution is 2.30. The fourth-order valence-corrected chi connectivity index (χ4v) is 3.72. The van der Waals surface area contributed by atoms with Gasteiger partial charge < -0.3 is 5.32 Å². The summed E-state index contributed by atoms with van der Waals surface area (Å²) < 4.78 is 23.4. The minimum absolute atomic E-state index is 0.178. The lowest BCUT2D eigenvalue weighted by atomic mass is 10.0. The fraction of sp³-hybridized carbons (Fsp3) is 1.00. The summed E-state index contributed by atoms with van der Waals surface area (Å²) in [5.74, 6) is 0.381. The van der Waals surface area contributed by atoms with E-state index in [4.69, 9.17) is 0 Å². The second-order valence-corrected chi connectivity index (χ2v) is 7.24. The normalized spacial score (nSPS) is 21.1. The average Bonchev–Trinajstić information content (AvgIpc) is 2.54. The predicted molar refractivity (Wildman–Crippen MR) is 63.7 cm³/mol. The number of sulfone groups is 1. The van der Waals surface area contributed by atoms with Gasteiger partial charge >= 0.3 is 0 Å². The van der Waals surface area contributed by atoms with E-state index in [2.05, 4.69) is 5.32 Å². The topological polar surface area (TPSA) is 46.2 Å². The predicted octanol–water partition coefficient (Wildman–Crippen LogP) is 1.59. The van der Waals surface area contributed by atoms with Gasteiger partial charge in [0.25, 0.3) is 0 Å². The van der Waals surface area contributed by atoms with Crippen molar-refractivity contribution in [2.75, 3.05) is 12.8 Å². The van der Waals surface area contributed by atoms with Crippen LogP contribution >= 0.6 is 0 Å². The van der Waals surface area contributed by atoms with E-state index in [1.54, 1.807) is 0 Å². The molecule has 1 aliphatic rings. The summed E-state index contributed by atoms with van der Waals surface area (Å²) in [4.78, 5) is 0. The summed E-state index contributed by atoms with van der Waals surface area (Å²) >= 11 is 0. The van der Waals surface area contributed by atoms with Gasteiger partial charge in [0.15, 0.2) is 9.84 Å². The van der Waals surface area contributed by atoms with Gasteiger partial charge in [-0.25, -0.2) is 8.42 Å². The van der Waals surface area contributed by atoms with Crippen LogP contribution in [0.25, 0.3) is 0 Å². The summed E-state index contributed by atoms with van der Waals surface area (Å²) in [7, 11) is -2.91. The zero-order valence-electron chi connectivity index (χ0n) is 9.99. The van der Waals surface area contributed by atoms with Gasteiger partial charge in [-0.1, -0.05) is 26.7 Å². The third kappa shape index (κ3) is 4.11. The van der Waals surface area contributed by atoms with Crippen LogP contribution < -0.4 is 5.32 Å². The molecule has 0 amide bonds. The van der Waals surface area contributed by atoms with Crippen LogP contribution in [0.2, 0.25) is 0 Å². The first-order chi connectivity index (χ1) is 6.91. The molecule has 0 aromatic heterocycles. The summed E-state index contributed by atoms with van der Waals surface area (Å²) in [6.45, 7) is 4.71. The molecule has 0 bridgehead atoms. The SMILES string of the molecule is CC(C)NCC(C1CCCC1)S(C)(=O)=O. The average molecular weight is 233 g/mol. The molecule has 0 spiro atoms. The Labute approximate surface area is 93.6 Å². The Morgan fingerprint density at radius 1 is 1.27 bits per heavy atom. The molecular weight excluding hydrogens is 210 g/mol. The maximum absolute atomic E-state index is 11.7. The molecule has 1 fully saturated rings. The Morgan fingerprint density at radius 3 is 2.20 bits per heavy atom. The van der Waals surface area contributed by atoms with Crippen LogP contribution in [0.15, 0.2) is 0 Å². The van der Waals surface area contributed by atoms with Gasteiger partial charge in [-0.3, -0.25) is 0 Å². The molecular formula is C11H23NO2S. The van der Waals surface area contributed by atoms with Crippen LogP contribution in [0.4, 0.5) is 0 Å². The summed E-state index contributed by atoms with van der Waals surface area (Å²) in [5.41, 5.74) is 0. The van der Waals surface area contributed by atoms with E-state index in [0.29, 0.717) is 18.5 Å². The number of rotatable bonds is 5. The molecule has 1 rings (SSSR count). The minimum atomic E-state index is -2.91. The van der Waals surface area contributed by atoms with Crippen molar-refractivity contribution in [3.63, 3.8) is 0 Å². The standard InChI is InChI=1S/C11H23NO2S/c1-9(2)12-8-11(15(3,13)14)10-6-4-5-7-10/h9-12H,4-8H2,1-3H3. The van der Waals surface area contributed by atoms with Crippen LogP contribution in [0.5, 0.6) is 0 Å². The number of hydrogen-bond donors (Lipinski definition) is 1. The third-order valence-electron chi connectivity index (χ3n) is 3.20. The van der Waals surface area contributed by atoms with Gasteiger partial charge in [0.2, 0.25) is 0 Å². The summed E-state index contributed by atoms with van der Waals surface area (Å²) in [6, 6.07) is 0.357. The minimum Gasteiger partial charge on any atom is -0.313 e. The quantitative estimate of drug-likeness (QED) is 0.784. The molecule has 0 aliphatic heterocycles. The van der Waals surface area contributed by atoms with Crippen molar-refractivity contribution in [1.82, 2.24) is 5.32 Å². The van der Waals surface area contributed by atoms with Crippen LogP contribution in [-0.2, 0) is 9.84 Å². The highest BCUT2D eigenvalue weighted by atomic mass is 32.2. The van der Waals surface area contributed by atoms with E-state index in [1.165, 1.54) is 19.1 Å². The Morgan fingerprint density at radius 2 is 1.80 bits per heavy atom. The Hall–Kier alpha value is -0.0900. The molecule has 1 atom stereocenters. The van der Waals surface area contributed by atoms with Gasteiger partial charge in [0.1, 0.15) is 0 Å². The van der Waals surface area contributed by atoms with Crippen LogP contribution in [-0.4, -0.2) is 32.5 Å². The van der Waals surface area contributed by atoms with E-state index in [9.17, 15) is 8.42 Å². The molecule has 1 N–H and O–H groups in total. The van der Waals surface area contributed by atoms with Gasteiger partial charge in [-0.2, -0.15) is 0 Å². The van der Waals surface area contributed by atoms with Gasteiger partial charge in [0, 0.05) is 18.8 Å². The van der Waals surface area contributed by atoms with E-state index in [-0.39, 0.29) is 5.25 Å². The third-order valence-corrected chi connectivity index (χ3v) is 4.85. The molecule has 0 aromatic carbocycles. The van der Waals surface area contributed by atoms with E-state index >= 15 is 0 Å². The second-order valence-electron chi connectivity index (χ2n) is 4.98. The lowest BCUT2D eigenvalue weighted by molar-refractivity contribution is 0.448. The molecule has 90 valence electrons. The molecule has 4 heteroatoms. The van der Waals surface area contributed by atoms with E-state index in [0.717, 1.165) is 12.8 Å². The molecule has 0 saturated heterocycles. The van der Waals surface area contributed by atoms with Crippen molar-refractivity contribution >= 4 is 9.84 Å². The van der Waals surface area contributed by atoms with Crippen molar-refractivity contribution in [3.05, 3.63) is 0 Å². The zero-order valence-corrected chi connectivity index (χ0v) is 10.8. The van der Waals surface area contributed by atoms with Crippen molar-refractivity contribution < 1.29 is 8.42 Å². The lowest BCUT2D eigenvalue weighted by Gasteiger charge is -2.23. The molecule has 3 nitrogen and oxygen atoms in total. The first-order valence-corrected chi connectivity index (χ1v) is 7.79. The largest absolute Gasteiger partial charge is 0.313 e. The fourth-order valence-electron chi connectivity index (χ4n) is 2.35. The van der Waals surface area contributed by atoms with E-state index < -0.39 is 9.84 Å². The molecule has 0 radical (unpaired) electrons. The summed E-state index contributed by atoms with van der Waals surface area (Å²) in [5, 5.41) is 3.07. The molecule has 1 unspecified atom stereocenters. The smallest absolute Gasteiger partial charge is 0.151 e. The van der Waals surface area contributed by atoms with Crippen LogP contribution in [0.1, 0.15) is 39.5 Å². The molecule has 1 saturated carbocycles. The van der Waals surface area contributed by atoms with Crippen molar-refractivity contribution in [2.24, 2.45) is 5.92 Å². The number of hydrogen-bond acceptors (Lipinski definition) is 3. The van der Waals surface area contributed by atoms with Crippen LogP contribution in [0, 0.1) is 5.92 Å². The monoisotopic (exact) mass is 233 g/mol.